The van der Waals surface area contributed by atoms with Crippen molar-refractivity contribution in [3.63, 3.8) is 0 Å². The highest BCUT2D eigenvalue weighted by Gasteiger charge is 2.17. The molecule has 0 aliphatic heterocycles. The average Bonchev–Trinajstić information content (AvgIpc) is 2.48. The minimum absolute atomic E-state index is 0.219. The Morgan fingerprint density at radius 3 is 2.00 bits per heavy atom. The van der Waals surface area contributed by atoms with Crippen LogP contribution in [0, 0.1) is 0 Å². The Morgan fingerprint density at radius 1 is 0.952 bits per heavy atom. The van der Waals surface area contributed by atoms with E-state index < -0.39 is 9.84 Å². The van der Waals surface area contributed by atoms with Gasteiger partial charge in [-0.25, -0.2) is 8.42 Å². The molecule has 0 fully saturated rings. The Morgan fingerprint density at radius 2 is 1.48 bits per heavy atom. The first-order valence-corrected chi connectivity index (χ1v) is 8.10. The summed E-state index contributed by atoms with van der Waals surface area (Å²) in [6, 6.07) is 14.5. The van der Waals surface area contributed by atoms with Crippen molar-refractivity contribution in [1.29, 1.82) is 0 Å². The molecule has 0 saturated heterocycles. The van der Waals surface area contributed by atoms with Gasteiger partial charge in [0.15, 0.2) is 0 Å². The number of ether oxygens (including phenoxy) is 1. The van der Waals surface area contributed by atoms with Gasteiger partial charge >= 0.3 is 0 Å². The number of rotatable bonds is 3. The van der Waals surface area contributed by atoms with Crippen LogP contribution in [0.15, 0.2) is 64.4 Å². The highest BCUT2D eigenvalue weighted by molar-refractivity contribution is 7.91. The van der Waals surface area contributed by atoms with Crippen molar-refractivity contribution >= 4 is 27.2 Å². The zero-order chi connectivity index (χ0) is 15.5. The van der Waals surface area contributed by atoms with E-state index in [9.17, 15) is 8.42 Å². The Balaban J connectivity index is 2.25. The molecule has 0 aromatic heterocycles. The maximum Gasteiger partial charge on any atom is 0.264 e. The van der Waals surface area contributed by atoms with Gasteiger partial charge in [-0.15, -0.1) is 0 Å². The third-order valence-corrected chi connectivity index (χ3v) is 4.99. The third-order valence-electron chi connectivity index (χ3n) is 2.76. The Kier molecular flexibility index (Phi) is 4.59. The molecule has 2 aromatic carbocycles. The van der Waals surface area contributed by atoms with Crippen LogP contribution in [0.5, 0.6) is 5.75 Å². The molecule has 0 aliphatic rings. The van der Waals surface area contributed by atoms with E-state index in [2.05, 4.69) is 0 Å². The lowest BCUT2D eigenvalue weighted by Gasteiger charge is -2.14. The first kappa shape index (κ1) is 15.5. The number of sulfone groups is 1. The molecule has 0 unspecified atom stereocenters. The summed E-state index contributed by atoms with van der Waals surface area (Å²) in [6.45, 7) is 0. The lowest BCUT2D eigenvalue weighted by atomic mass is 10.3. The van der Waals surface area contributed by atoms with Gasteiger partial charge in [0.1, 0.15) is 5.75 Å². The molecule has 0 bridgehead atoms. The van der Waals surface area contributed by atoms with E-state index in [0.29, 0.717) is 10.9 Å². The molecule has 110 valence electrons. The molecule has 0 amide bonds. The van der Waals surface area contributed by atoms with Crippen LogP contribution < -0.4 is 4.74 Å². The summed E-state index contributed by atoms with van der Waals surface area (Å²) in [4.78, 5) is 2.14. The topological polar surface area (TPSA) is 46.6 Å². The van der Waals surface area contributed by atoms with E-state index in [1.165, 1.54) is 12.1 Å². The SMILES string of the molecule is CN(C)C(=S)Oc1ccc(S(=O)(=O)c2ccccc2)cc1. The van der Waals surface area contributed by atoms with Crippen molar-refractivity contribution in [3.8, 4) is 5.75 Å². The van der Waals surface area contributed by atoms with Gasteiger partial charge in [0.25, 0.3) is 5.17 Å². The van der Waals surface area contributed by atoms with E-state index in [0.717, 1.165) is 0 Å². The van der Waals surface area contributed by atoms with Crippen LogP contribution in [0.2, 0.25) is 0 Å². The Labute approximate surface area is 129 Å². The van der Waals surface area contributed by atoms with E-state index in [1.807, 2.05) is 0 Å². The molecule has 21 heavy (non-hydrogen) atoms. The standard InChI is InChI=1S/C15H15NO3S2/c1-16(2)15(20)19-12-8-10-14(11-9-12)21(17,18)13-6-4-3-5-7-13/h3-11H,1-2H3. The van der Waals surface area contributed by atoms with Gasteiger partial charge in [-0.2, -0.15) is 0 Å². The van der Waals surface area contributed by atoms with Gasteiger partial charge in [0.05, 0.1) is 9.79 Å². The second kappa shape index (κ2) is 6.24. The molecule has 0 heterocycles. The molecule has 2 aromatic rings. The van der Waals surface area contributed by atoms with Crippen LogP contribution in [-0.2, 0) is 9.84 Å². The molecule has 6 heteroatoms. The third kappa shape index (κ3) is 3.59. The van der Waals surface area contributed by atoms with Crippen molar-refractivity contribution in [3.05, 3.63) is 54.6 Å². The second-order valence-corrected chi connectivity index (χ2v) is 6.85. The van der Waals surface area contributed by atoms with E-state index in [1.54, 1.807) is 61.5 Å². The number of hydrogen-bond acceptors (Lipinski definition) is 4. The summed E-state index contributed by atoms with van der Waals surface area (Å²) in [5.74, 6) is 0.501. The van der Waals surface area contributed by atoms with Gasteiger partial charge in [0.2, 0.25) is 9.84 Å². The predicted molar refractivity (Wildman–Crippen MR) is 85.2 cm³/mol. The number of benzene rings is 2. The van der Waals surface area contributed by atoms with Crippen molar-refractivity contribution in [1.82, 2.24) is 4.90 Å². The summed E-state index contributed by atoms with van der Waals surface area (Å²) in [5, 5.41) is 0.314. The molecule has 0 radical (unpaired) electrons. The summed E-state index contributed by atoms with van der Waals surface area (Å²) in [6.07, 6.45) is 0. The van der Waals surface area contributed by atoms with Crippen LogP contribution in [-0.4, -0.2) is 32.6 Å². The molecule has 0 N–H and O–H groups in total. The summed E-state index contributed by atoms with van der Waals surface area (Å²) in [7, 11) is 0.0494. The zero-order valence-corrected chi connectivity index (χ0v) is 13.3. The van der Waals surface area contributed by atoms with Crippen LogP contribution in [0.25, 0.3) is 0 Å². The zero-order valence-electron chi connectivity index (χ0n) is 11.7. The normalized spacial score (nSPS) is 11.0. The highest BCUT2D eigenvalue weighted by atomic mass is 32.2. The van der Waals surface area contributed by atoms with Crippen molar-refractivity contribution in [2.24, 2.45) is 0 Å². The Bertz CT molecular complexity index is 723. The van der Waals surface area contributed by atoms with Gasteiger partial charge in [-0.05, 0) is 48.6 Å². The lowest BCUT2D eigenvalue weighted by molar-refractivity contribution is 0.449. The fourth-order valence-corrected chi connectivity index (χ4v) is 2.99. The second-order valence-electron chi connectivity index (χ2n) is 4.55. The van der Waals surface area contributed by atoms with Crippen LogP contribution in [0.3, 0.4) is 0 Å². The van der Waals surface area contributed by atoms with Crippen molar-refractivity contribution in [2.75, 3.05) is 14.1 Å². The van der Waals surface area contributed by atoms with Gasteiger partial charge in [-0.1, -0.05) is 18.2 Å². The van der Waals surface area contributed by atoms with Gasteiger partial charge < -0.3 is 9.64 Å². The number of thiocarbonyl (C=S) groups is 1. The quantitative estimate of drug-likeness (QED) is 0.814. The predicted octanol–water partition coefficient (Wildman–Crippen LogP) is 2.74. The van der Waals surface area contributed by atoms with Gasteiger partial charge in [0, 0.05) is 14.1 Å². The number of nitrogens with zero attached hydrogens (tertiary/aromatic N) is 1. The van der Waals surface area contributed by atoms with Crippen molar-refractivity contribution < 1.29 is 13.2 Å². The minimum Gasteiger partial charge on any atom is -0.432 e. The highest BCUT2D eigenvalue weighted by Crippen LogP contribution is 2.23. The van der Waals surface area contributed by atoms with Crippen LogP contribution in [0.4, 0.5) is 0 Å². The van der Waals surface area contributed by atoms with Crippen LogP contribution in [0.1, 0.15) is 0 Å². The number of hydrogen-bond donors (Lipinski definition) is 0. The molecular formula is C15H15NO3S2. The minimum atomic E-state index is -3.50. The van der Waals surface area contributed by atoms with E-state index >= 15 is 0 Å². The fourth-order valence-electron chi connectivity index (χ4n) is 1.61. The largest absolute Gasteiger partial charge is 0.432 e. The molecule has 0 aliphatic carbocycles. The van der Waals surface area contributed by atoms with Crippen molar-refractivity contribution in [2.45, 2.75) is 9.79 Å². The van der Waals surface area contributed by atoms with Gasteiger partial charge in [-0.3, -0.25) is 0 Å². The lowest BCUT2D eigenvalue weighted by Crippen LogP contribution is -2.24. The maximum atomic E-state index is 12.4. The maximum absolute atomic E-state index is 12.4. The molecule has 4 nitrogen and oxygen atoms in total. The van der Waals surface area contributed by atoms with Crippen LogP contribution >= 0.6 is 12.2 Å². The summed E-state index contributed by atoms with van der Waals surface area (Å²) >= 11 is 5.03. The smallest absolute Gasteiger partial charge is 0.264 e. The summed E-state index contributed by atoms with van der Waals surface area (Å²) in [5.41, 5.74) is 0. The molecule has 0 spiro atoms. The van der Waals surface area contributed by atoms with E-state index in [-0.39, 0.29) is 9.79 Å². The summed E-state index contributed by atoms with van der Waals surface area (Å²) < 4.78 is 30.2. The Hall–Kier alpha value is -1.92. The van der Waals surface area contributed by atoms with E-state index in [4.69, 9.17) is 17.0 Å². The first-order chi connectivity index (χ1) is 9.91. The first-order valence-electron chi connectivity index (χ1n) is 6.20. The molecular weight excluding hydrogens is 306 g/mol. The molecule has 0 saturated carbocycles. The average molecular weight is 321 g/mol. The molecule has 2 rings (SSSR count). The molecule has 0 atom stereocenters. The fraction of sp³-hybridized carbons (Fsp3) is 0.133. The monoisotopic (exact) mass is 321 g/mol.